The molecule has 120 valence electrons. The maximum atomic E-state index is 13.5. The van der Waals surface area contributed by atoms with E-state index in [1.165, 1.54) is 0 Å². The van der Waals surface area contributed by atoms with E-state index in [1.54, 1.807) is 4.67 Å². The van der Waals surface area contributed by atoms with E-state index >= 15 is 0 Å². The third-order valence-corrected chi connectivity index (χ3v) is 9.97. The first-order chi connectivity index (χ1) is 9.60. The van der Waals surface area contributed by atoms with Gasteiger partial charge >= 0.3 is 0 Å². The van der Waals surface area contributed by atoms with E-state index in [4.69, 9.17) is 58.0 Å². The average molecular weight is 412 g/mol. The number of halogens is 5. The highest BCUT2D eigenvalue weighted by Crippen LogP contribution is 2.77. The van der Waals surface area contributed by atoms with Crippen LogP contribution in [0.25, 0.3) is 0 Å². The third kappa shape index (κ3) is 4.23. The van der Waals surface area contributed by atoms with Crippen LogP contribution in [0.4, 0.5) is 0 Å². The molecule has 0 spiro atoms. The Balaban J connectivity index is 3.28. The maximum Gasteiger partial charge on any atom is 0.258 e. The molecule has 1 atom stereocenters. The van der Waals surface area contributed by atoms with Crippen molar-refractivity contribution in [3.63, 3.8) is 0 Å². The molecule has 0 unspecified atom stereocenters. The van der Waals surface area contributed by atoms with Crippen molar-refractivity contribution >= 4 is 65.3 Å². The van der Waals surface area contributed by atoms with E-state index in [0.29, 0.717) is 13.1 Å². The number of alkyl halides is 5. The van der Waals surface area contributed by atoms with Crippen LogP contribution >= 0.6 is 65.3 Å². The lowest BCUT2D eigenvalue weighted by Crippen LogP contribution is -2.36. The molecule has 0 fully saturated rings. The Labute approximate surface area is 151 Å². The van der Waals surface area contributed by atoms with Crippen LogP contribution in [0.2, 0.25) is 0 Å². The third-order valence-electron chi connectivity index (χ3n) is 3.18. The van der Waals surface area contributed by atoms with Crippen LogP contribution in [0.3, 0.4) is 0 Å². The number of rotatable bonds is 6. The first-order valence-corrected chi connectivity index (χ1v) is 9.99. The van der Waals surface area contributed by atoms with Gasteiger partial charge in [-0.05, 0) is 5.56 Å². The summed E-state index contributed by atoms with van der Waals surface area (Å²) in [6, 6.07) is 9.23. The van der Waals surface area contributed by atoms with Crippen molar-refractivity contribution in [3.05, 3.63) is 35.9 Å². The van der Waals surface area contributed by atoms with Crippen molar-refractivity contribution in [1.82, 2.24) is 4.67 Å². The monoisotopic (exact) mass is 409 g/mol. The molecule has 21 heavy (non-hydrogen) atoms. The van der Waals surface area contributed by atoms with Gasteiger partial charge in [0, 0.05) is 19.5 Å². The van der Waals surface area contributed by atoms with Gasteiger partial charge in [-0.25, -0.2) is 4.67 Å². The molecule has 0 heterocycles. The second-order valence-electron chi connectivity index (χ2n) is 4.51. The standard InChI is InChI=1S/C13H17Cl5NOP/c1-3-19(4-2)21(20,13(16,17)18)12(14,15)10-11-8-6-5-7-9-11/h5-9H,3-4,10H2,1-2H3/t21-/m1/s1. The minimum atomic E-state index is -3.72. The van der Waals surface area contributed by atoms with Crippen LogP contribution in [-0.2, 0) is 11.0 Å². The smallest absolute Gasteiger partial charge is 0.258 e. The van der Waals surface area contributed by atoms with Gasteiger partial charge in [0.05, 0.1) is 0 Å². The lowest BCUT2D eigenvalue weighted by Gasteiger charge is -2.41. The van der Waals surface area contributed by atoms with Gasteiger partial charge in [0.15, 0.2) is 4.07 Å². The molecular weight excluding hydrogens is 394 g/mol. The molecule has 0 saturated carbocycles. The van der Waals surface area contributed by atoms with Crippen LogP contribution in [0.5, 0.6) is 0 Å². The van der Waals surface area contributed by atoms with Crippen molar-refractivity contribution in [1.29, 1.82) is 0 Å². The summed E-state index contributed by atoms with van der Waals surface area (Å²) in [5.41, 5.74) is 0.823. The van der Waals surface area contributed by atoms with Crippen LogP contribution in [-0.4, -0.2) is 25.4 Å². The quantitative estimate of drug-likeness (QED) is 0.404. The fraction of sp³-hybridized carbons (Fsp3) is 0.538. The summed E-state index contributed by atoms with van der Waals surface area (Å²) in [4.78, 5) is 0. The largest absolute Gasteiger partial charge is 0.299 e. The summed E-state index contributed by atoms with van der Waals surface area (Å²) in [5.74, 6) is 0. The molecular formula is C13H17Cl5NOP. The molecule has 0 aromatic heterocycles. The van der Waals surface area contributed by atoms with Crippen molar-refractivity contribution < 1.29 is 4.57 Å². The second kappa shape index (κ2) is 7.62. The van der Waals surface area contributed by atoms with Gasteiger partial charge in [-0.2, -0.15) is 0 Å². The Morgan fingerprint density at radius 3 is 1.86 bits per heavy atom. The highest BCUT2D eigenvalue weighted by Gasteiger charge is 2.60. The molecule has 0 amide bonds. The normalized spacial score (nSPS) is 16.0. The average Bonchev–Trinajstić information content (AvgIpc) is 2.39. The fourth-order valence-electron chi connectivity index (χ4n) is 2.12. The number of nitrogens with zero attached hydrogens (tertiary/aromatic N) is 1. The Morgan fingerprint density at radius 1 is 1.00 bits per heavy atom. The predicted octanol–water partition coefficient (Wildman–Crippen LogP) is 6.31. The summed E-state index contributed by atoms with van der Waals surface area (Å²) < 4.78 is 11.3. The first kappa shape index (κ1) is 19.9. The zero-order valence-corrected chi connectivity index (χ0v) is 16.4. The second-order valence-corrected chi connectivity index (χ2v) is 12.7. The first-order valence-electron chi connectivity index (χ1n) is 6.44. The van der Waals surface area contributed by atoms with E-state index in [9.17, 15) is 4.57 Å². The number of benzene rings is 1. The van der Waals surface area contributed by atoms with E-state index < -0.39 is 14.9 Å². The Hall–Kier alpha value is 0.860. The highest BCUT2D eigenvalue weighted by molar-refractivity contribution is 7.74. The highest BCUT2D eigenvalue weighted by atomic mass is 35.6. The number of hydrogen-bond acceptors (Lipinski definition) is 1. The van der Waals surface area contributed by atoms with Crippen molar-refractivity contribution in [2.24, 2.45) is 0 Å². The van der Waals surface area contributed by atoms with E-state index in [0.717, 1.165) is 5.56 Å². The molecule has 2 nitrogen and oxygen atoms in total. The zero-order chi connectivity index (χ0) is 16.3. The maximum absolute atomic E-state index is 13.5. The Morgan fingerprint density at radius 2 is 1.48 bits per heavy atom. The molecule has 0 aliphatic carbocycles. The zero-order valence-electron chi connectivity index (χ0n) is 11.7. The molecule has 0 aliphatic heterocycles. The van der Waals surface area contributed by atoms with E-state index in [1.807, 2.05) is 44.2 Å². The molecule has 1 aromatic rings. The summed E-state index contributed by atoms with van der Waals surface area (Å²) in [7, 11) is -3.72. The Bertz CT molecular complexity index is 499. The van der Waals surface area contributed by atoms with Gasteiger partial charge < -0.3 is 0 Å². The summed E-state index contributed by atoms with van der Waals surface area (Å²) in [6.45, 7) is 4.47. The van der Waals surface area contributed by atoms with Crippen molar-refractivity contribution in [2.75, 3.05) is 13.1 Å². The van der Waals surface area contributed by atoms with Crippen molar-refractivity contribution in [2.45, 2.75) is 27.9 Å². The Kier molecular flexibility index (Phi) is 7.22. The summed E-state index contributed by atoms with van der Waals surface area (Å²) in [5, 5.41) is 0. The van der Waals surface area contributed by atoms with Gasteiger partial charge in [0.1, 0.15) is 0 Å². The van der Waals surface area contributed by atoms with E-state index in [-0.39, 0.29) is 6.42 Å². The predicted molar refractivity (Wildman–Crippen MR) is 95.4 cm³/mol. The summed E-state index contributed by atoms with van der Waals surface area (Å²) >= 11 is 30.8. The van der Waals surface area contributed by atoms with Gasteiger partial charge in [-0.1, -0.05) is 102 Å². The van der Waals surface area contributed by atoms with Crippen LogP contribution in [0, 0.1) is 0 Å². The minimum absolute atomic E-state index is 0.124. The number of hydrogen-bond donors (Lipinski definition) is 0. The van der Waals surface area contributed by atoms with Crippen LogP contribution < -0.4 is 0 Å². The molecule has 1 aromatic carbocycles. The molecule has 0 bridgehead atoms. The van der Waals surface area contributed by atoms with Crippen LogP contribution in [0.1, 0.15) is 19.4 Å². The van der Waals surface area contributed by atoms with Gasteiger partial charge in [0.25, 0.3) is 3.53 Å². The van der Waals surface area contributed by atoms with Gasteiger partial charge in [0.2, 0.25) is 7.29 Å². The SMILES string of the molecule is CCN(CC)[P@](=O)(C(Cl)(Cl)Cl)C(Cl)(Cl)Cc1ccccc1. The van der Waals surface area contributed by atoms with E-state index in [2.05, 4.69) is 0 Å². The molecule has 8 heteroatoms. The van der Waals surface area contributed by atoms with Crippen molar-refractivity contribution in [3.8, 4) is 0 Å². The van der Waals surface area contributed by atoms with Gasteiger partial charge in [-0.15, -0.1) is 0 Å². The molecule has 0 saturated heterocycles. The molecule has 0 N–H and O–H groups in total. The van der Waals surface area contributed by atoms with Crippen LogP contribution in [0.15, 0.2) is 30.3 Å². The summed E-state index contributed by atoms with van der Waals surface area (Å²) in [6.07, 6.45) is 0.124. The molecule has 0 aliphatic rings. The fourth-order valence-corrected chi connectivity index (χ4v) is 9.17. The lowest BCUT2D eigenvalue weighted by atomic mass is 10.2. The lowest BCUT2D eigenvalue weighted by molar-refractivity contribution is 0.435. The molecule has 1 rings (SSSR count). The molecule has 0 radical (unpaired) electrons. The van der Waals surface area contributed by atoms with Gasteiger partial charge in [-0.3, -0.25) is 4.57 Å². The topological polar surface area (TPSA) is 20.3 Å². The minimum Gasteiger partial charge on any atom is -0.299 e.